The molecule has 3 rings (SSSR count). The molecule has 0 unspecified atom stereocenters. The Labute approximate surface area is 224 Å². The van der Waals surface area contributed by atoms with Gasteiger partial charge in [0.25, 0.3) is 5.91 Å². The van der Waals surface area contributed by atoms with Crippen molar-refractivity contribution in [3.63, 3.8) is 0 Å². The van der Waals surface area contributed by atoms with Crippen LogP contribution < -0.4 is 5.32 Å². The summed E-state index contributed by atoms with van der Waals surface area (Å²) in [5.74, 6) is -5.21. The number of carboxylic acid groups (broad SMARTS) is 1. The Morgan fingerprint density at radius 1 is 0.694 bits per heavy atom. The molecule has 0 aromatic heterocycles. The molecule has 186 valence electrons. The van der Waals surface area contributed by atoms with E-state index < -0.39 is 36.0 Å². The van der Waals surface area contributed by atoms with Gasteiger partial charge in [0.2, 0.25) is 12.2 Å². The lowest BCUT2D eigenvalue weighted by Crippen LogP contribution is -2.48. The quantitative estimate of drug-likeness (QED) is 0.330. The Kier molecular flexibility index (Phi) is 9.17. The number of carbonyl (C=O) groups excluding carboxylic acids is 3. The number of ether oxygens (including phenoxy) is 2. The molecule has 0 spiro atoms. The third kappa shape index (κ3) is 6.89. The maximum absolute atomic E-state index is 13.1. The molecule has 0 bridgehead atoms. The Balaban J connectivity index is 1.96. The number of nitrogens with one attached hydrogen (secondary N) is 1. The molecule has 12 heteroatoms. The highest BCUT2D eigenvalue weighted by molar-refractivity contribution is 6.35. The van der Waals surface area contributed by atoms with Crippen LogP contribution in [0.25, 0.3) is 0 Å². The van der Waals surface area contributed by atoms with Crippen molar-refractivity contribution >= 4 is 75.9 Å². The number of halogens is 4. The molecule has 3 aromatic carbocycles. The molecule has 36 heavy (non-hydrogen) atoms. The van der Waals surface area contributed by atoms with Crippen LogP contribution in [0, 0.1) is 0 Å². The molecule has 2 N–H and O–H groups in total. The zero-order valence-electron chi connectivity index (χ0n) is 17.9. The van der Waals surface area contributed by atoms with Crippen LogP contribution in [0.5, 0.6) is 0 Å². The highest BCUT2D eigenvalue weighted by Crippen LogP contribution is 2.25. The van der Waals surface area contributed by atoms with E-state index in [1.165, 1.54) is 54.6 Å². The number of carboxylic acids is 1. The van der Waals surface area contributed by atoms with Gasteiger partial charge in [-0.1, -0.05) is 70.7 Å². The average molecular weight is 571 g/mol. The number of carbonyl (C=O) groups is 4. The van der Waals surface area contributed by atoms with Crippen molar-refractivity contribution in [1.29, 1.82) is 0 Å². The molecular weight excluding hydrogens is 556 g/mol. The Bertz CT molecular complexity index is 1310. The standard InChI is InChI=1S/C24H15Cl4NO7/c25-12-9-13(26)11-14(10-12)29-21(30)19(35-23(33)15-5-1-3-7-17(15)27)20(22(31)32)36-24(34)16-6-2-4-8-18(16)28/h1-11,19-20H,(H,29,30)(H,31,32)/t19-,20+/m1/s1. The first-order valence-electron chi connectivity index (χ1n) is 9.97. The van der Waals surface area contributed by atoms with Gasteiger partial charge in [-0.15, -0.1) is 0 Å². The van der Waals surface area contributed by atoms with Gasteiger partial charge in [-0.2, -0.15) is 0 Å². The number of aliphatic carboxylic acids is 1. The molecule has 0 fully saturated rings. The third-order valence-electron chi connectivity index (χ3n) is 4.56. The van der Waals surface area contributed by atoms with Gasteiger partial charge in [-0.3, -0.25) is 4.79 Å². The lowest BCUT2D eigenvalue weighted by molar-refractivity contribution is -0.157. The summed E-state index contributed by atoms with van der Waals surface area (Å²) >= 11 is 23.9. The molecule has 0 aliphatic heterocycles. The first kappa shape index (κ1) is 27.3. The van der Waals surface area contributed by atoms with Crippen molar-refractivity contribution in [2.24, 2.45) is 0 Å². The lowest BCUT2D eigenvalue weighted by atomic mass is 10.1. The molecule has 0 saturated heterocycles. The largest absolute Gasteiger partial charge is 0.478 e. The molecule has 0 radical (unpaired) electrons. The van der Waals surface area contributed by atoms with Crippen LogP contribution in [0.1, 0.15) is 20.7 Å². The van der Waals surface area contributed by atoms with Crippen LogP contribution in [0.4, 0.5) is 5.69 Å². The smallest absolute Gasteiger partial charge is 0.349 e. The van der Waals surface area contributed by atoms with Crippen molar-refractivity contribution in [3.05, 3.63) is 97.9 Å². The van der Waals surface area contributed by atoms with E-state index in [1.807, 2.05) is 0 Å². The van der Waals surface area contributed by atoms with Gasteiger partial charge in [-0.25, -0.2) is 14.4 Å². The Morgan fingerprint density at radius 2 is 1.14 bits per heavy atom. The molecule has 1 amide bonds. The highest BCUT2D eigenvalue weighted by Gasteiger charge is 2.41. The van der Waals surface area contributed by atoms with E-state index >= 15 is 0 Å². The van der Waals surface area contributed by atoms with Crippen LogP contribution in [-0.2, 0) is 19.1 Å². The minimum absolute atomic E-state index is 0.0109. The van der Waals surface area contributed by atoms with Crippen molar-refractivity contribution < 1.29 is 33.8 Å². The average Bonchev–Trinajstić information content (AvgIpc) is 2.80. The predicted octanol–water partition coefficient (Wildman–Crippen LogP) is 5.77. The van der Waals surface area contributed by atoms with E-state index in [0.29, 0.717) is 0 Å². The number of anilines is 1. The van der Waals surface area contributed by atoms with Gasteiger partial charge < -0.3 is 19.9 Å². The van der Waals surface area contributed by atoms with Gasteiger partial charge in [-0.05, 0) is 42.5 Å². The van der Waals surface area contributed by atoms with E-state index in [9.17, 15) is 24.3 Å². The Morgan fingerprint density at radius 3 is 1.58 bits per heavy atom. The number of benzene rings is 3. The summed E-state index contributed by atoms with van der Waals surface area (Å²) in [6.07, 6.45) is -4.43. The summed E-state index contributed by atoms with van der Waals surface area (Å²) < 4.78 is 10.3. The van der Waals surface area contributed by atoms with Crippen molar-refractivity contribution in [1.82, 2.24) is 0 Å². The summed E-state index contributed by atoms with van der Waals surface area (Å²) in [6.45, 7) is 0. The van der Waals surface area contributed by atoms with Crippen molar-refractivity contribution in [2.45, 2.75) is 12.2 Å². The zero-order valence-corrected chi connectivity index (χ0v) is 20.9. The Hall–Kier alpha value is -3.30. The van der Waals surface area contributed by atoms with Gasteiger partial charge in [0, 0.05) is 15.7 Å². The summed E-state index contributed by atoms with van der Waals surface area (Å²) in [4.78, 5) is 50.7. The fourth-order valence-electron chi connectivity index (χ4n) is 2.94. The van der Waals surface area contributed by atoms with E-state index in [4.69, 9.17) is 55.9 Å². The van der Waals surface area contributed by atoms with Crippen LogP contribution in [0.3, 0.4) is 0 Å². The first-order valence-corrected chi connectivity index (χ1v) is 11.5. The first-order chi connectivity index (χ1) is 17.1. The SMILES string of the molecule is O=C(O[C@H](C(=O)O)[C@@H](OC(=O)c1ccccc1Cl)C(=O)Nc1cc(Cl)cc(Cl)c1)c1ccccc1Cl. The summed E-state index contributed by atoms with van der Waals surface area (Å²) in [6, 6.07) is 15.5. The second kappa shape index (κ2) is 12.1. The zero-order chi connectivity index (χ0) is 26.4. The number of amides is 1. The molecule has 0 saturated carbocycles. The molecule has 0 heterocycles. The normalized spacial score (nSPS) is 12.2. The van der Waals surface area contributed by atoms with Crippen LogP contribution >= 0.6 is 46.4 Å². The topological polar surface area (TPSA) is 119 Å². The van der Waals surface area contributed by atoms with Gasteiger partial charge >= 0.3 is 17.9 Å². The van der Waals surface area contributed by atoms with E-state index in [1.54, 1.807) is 12.1 Å². The minimum Gasteiger partial charge on any atom is -0.478 e. The van der Waals surface area contributed by atoms with E-state index in [2.05, 4.69) is 5.32 Å². The second-order valence-corrected chi connectivity index (χ2v) is 8.78. The van der Waals surface area contributed by atoms with Crippen molar-refractivity contribution in [2.75, 3.05) is 5.32 Å². The third-order valence-corrected chi connectivity index (χ3v) is 5.66. The van der Waals surface area contributed by atoms with Gasteiger partial charge in [0.15, 0.2) is 0 Å². The van der Waals surface area contributed by atoms with Crippen LogP contribution in [0.15, 0.2) is 66.7 Å². The van der Waals surface area contributed by atoms with Gasteiger partial charge in [0.05, 0.1) is 21.2 Å². The molecular formula is C24H15Cl4NO7. The fraction of sp³-hybridized carbons (Fsp3) is 0.0833. The van der Waals surface area contributed by atoms with Crippen LogP contribution in [0.2, 0.25) is 20.1 Å². The highest BCUT2D eigenvalue weighted by atomic mass is 35.5. The number of hydrogen-bond donors (Lipinski definition) is 2. The maximum Gasteiger partial charge on any atom is 0.349 e. The van der Waals surface area contributed by atoms with E-state index in [-0.39, 0.29) is 36.9 Å². The monoisotopic (exact) mass is 569 g/mol. The molecule has 2 atom stereocenters. The molecule has 3 aromatic rings. The summed E-state index contributed by atoms with van der Waals surface area (Å²) in [5.41, 5.74) is -0.245. The number of hydrogen-bond acceptors (Lipinski definition) is 6. The van der Waals surface area contributed by atoms with Gasteiger partial charge in [0.1, 0.15) is 0 Å². The molecule has 0 aliphatic rings. The molecule has 8 nitrogen and oxygen atoms in total. The number of esters is 2. The maximum atomic E-state index is 13.1. The van der Waals surface area contributed by atoms with Crippen LogP contribution in [-0.4, -0.2) is 41.1 Å². The summed E-state index contributed by atoms with van der Waals surface area (Å²) in [7, 11) is 0. The van der Waals surface area contributed by atoms with Crippen molar-refractivity contribution in [3.8, 4) is 0 Å². The minimum atomic E-state index is -2.27. The molecule has 0 aliphatic carbocycles. The lowest BCUT2D eigenvalue weighted by Gasteiger charge is -2.24. The predicted molar refractivity (Wildman–Crippen MR) is 134 cm³/mol. The second-order valence-electron chi connectivity index (χ2n) is 7.10. The fourth-order valence-corrected chi connectivity index (χ4v) is 3.90. The van der Waals surface area contributed by atoms with E-state index in [0.717, 1.165) is 0 Å². The number of rotatable bonds is 8. The summed E-state index contributed by atoms with van der Waals surface area (Å²) in [5, 5.41) is 12.5.